The number of carbonyl (C=O) groups excluding carboxylic acids is 1. The Kier molecular flexibility index (Phi) is 1.86. The predicted octanol–water partition coefficient (Wildman–Crippen LogP) is 0.385. The topological polar surface area (TPSA) is 95.1 Å². The highest BCUT2D eigenvalue weighted by molar-refractivity contribution is 5.88. The van der Waals surface area contributed by atoms with Crippen LogP contribution in [-0.2, 0) is 0 Å². The van der Waals surface area contributed by atoms with Crippen molar-refractivity contribution in [2.24, 2.45) is 0 Å². The van der Waals surface area contributed by atoms with Gasteiger partial charge in [-0.05, 0) is 6.07 Å². The van der Waals surface area contributed by atoms with E-state index in [-0.39, 0.29) is 22.6 Å². The van der Waals surface area contributed by atoms with Crippen LogP contribution in [-0.4, -0.2) is 6.29 Å². The first kappa shape index (κ1) is 8.32. The Balaban J connectivity index is 3.49. The van der Waals surface area contributed by atoms with Gasteiger partial charge in [0, 0.05) is 5.56 Å². The van der Waals surface area contributed by atoms with E-state index in [0.717, 1.165) is 0 Å². The molecule has 0 saturated carbocycles. The molecular weight excluding hydrogens is 161 g/mol. The monoisotopic (exact) mass is 169 g/mol. The van der Waals surface area contributed by atoms with Gasteiger partial charge in [0.1, 0.15) is 0 Å². The van der Waals surface area contributed by atoms with Crippen molar-refractivity contribution in [1.82, 2.24) is 0 Å². The van der Waals surface area contributed by atoms with Crippen molar-refractivity contribution in [1.29, 1.82) is 0 Å². The molecule has 0 aromatic heterocycles. The first-order valence-electron chi connectivity index (χ1n) is 3.16. The fraction of sp³-hybridized carbons (Fsp3) is 0. The van der Waals surface area contributed by atoms with E-state index in [1.807, 2.05) is 0 Å². The normalized spacial score (nSPS) is 9.75. The Morgan fingerprint density at radius 3 is 2.33 bits per heavy atom. The summed E-state index contributed by atoms with van der Waals surface area (Å²) in [5.74, 6) is -0.836. The number of carbonyl (C=O) groups is 1. The van der Waals surface area contributed by atoms with E-state index in [0.29, 0.717) is 6.29 Å². The molecule has 0 fully saturated rings. The molecule has 0 aliphatic carbocycles. The number of rotatable bonds is 1. The molecule has 0 bridgehead atoms. The van der Waals surface area contributed by atoms with Crippen molar-refractivity contribution >= 4 is 23.3 Å². The van der Waals surface area contributed by atoms with Gasteiger partial charge in [-0.15, -0.1) is 0 Å². The van der Waals surface area contributed by atoms with Crippen molar-refractivity contribution in [2.75, 3.05) is 17.2 Å². The molecule has 1 aromatic carbocycles. The molecule has 1 aromatic rings. The SMILES string of the molecule is Nc1cc(C=O)c(N)c(F)c1N. The lowest BCUT2D eigenvalue weighted by Gasteiger charge is -2.05. The molecule has 5 heteroatoms. The second-order valence-electron chi connectivity index (χ2n) is 2.31. The van der Waals surface area contributed by atoms with Crippen LogP contribution in [0.15, 0.2) is 6.07 Å². The van der Waals surface area contributed by atoms with Crippen LogP contribution < -0.4 is 17.2 Å². The molecular formula is C7H8FN3O. The van der Waals surface area contributed by atoms with Crippen LogP contribution in [0.4, 0.5) is 21.5 Å². The van der Waals surface area contributed by atoms with Crippen LogP contribution in [0.25, 0.3) is 0 Å². The van der Waals surface area contributed by atoms with Crippen LogP contribution in [0.1, 0.15) is 10.4 Å². The number of benzene rings is 1. The highest BCUT2D eigenvalue weighted by Gasteiger charge is 2.11. The van der Waals surface area contributed by atoms with Gasteiger partial charge in [-0.2, -0.15) is 0 Å². The van der Waals surface area contributed by atoms with E-state index < -0.39 is 5.82 Å². The Morgan fingerprint density at radius 1 is 1.25 bits per heavy atom. The molecule has 0 radical (unpaired) electrons. The number of hydrogen-bond acceptors (Lipinski definition) is 4. The second kappa shape index (κ2) is 2.69. The summed E-state index contributed by atoms with van der Waals surface area (Å²) >= 11 is 0. The van der Waals surface area contributed by atoms with Gasteiger partial charge in [0.05, 0.1) is 17.1 Å². The first-order chi connectivity index (χ1) is 5.57. The Hall–Kier alpha value is -1.78. The summed E-state index contributed by atoms with van der Waals surface area (Å²) in [4.78, 5) is 10.3. The predicted molar refractivity (Wildman–Crippen MR) is 45.0 cm³/mol. The van der Waals surface area contributed by atoms with Crippen molar-refractivity contribution in [3.63, 3.8) is 0 Å². The molecule has 0 atom stereocenters. The summed E-state index contributed by atoms with van der Waals surface area (Å²) in [5, 5.41) is 0. The largest absolute Gasteiger partial charge is 0.397 e. The van der Waals surface area contributed by atoms with Gasteiger partial charge >= 0.3 is 0 Å². The zero-order valence-electron chi connectivity index (χ0n) is 6.17. The zero-order valence-corrected chi connectivity index (χ0v) is 6.17. The van der Waals surface area contributed by atoms with Crippen molar-refractivity contribution in [3.8, 4) is 0 Å². The molecule has 64 valence electrons. The smallest absolute Gasteiger partial charge is 0.171 e. The third-order valence-electron chi connectivity index (χ3n) is 1.53. The van der Waals surface area contributed by atoms with Crippen LogP contribution >= 0.6 is 0 Å². The lowest BCUT2D eigenvalue weighted by Crippen LogP contribution is -2.05. The first-order valence-corrected chi connectivity index (χ1v) is 3.16. The zero-order chi connectivity index (χ0) is 9.30. The summed E-state index contributed by atoms with van der Waals surface area (Å²) in [6.45, 7) is 0. The lowest BCUT2D eigenvalue weighted by molar-refractivity contribution is 0.112. The van der Waals surface area contributed by atoms with E-state index in [9.17, 15) is 9.18 Å². The maximum Gasteiger partial charge on any atom is 0.171 e. The fourth-order valence-electron chi connectivity index (χ4n) is 0.819. The number of hydrogen-bond donors (Lipinski definition) is 3. The third kappa shape index (κ3) is 1.05. The molecule has 0 amide bonds. The van der Waals surface area contributed by atoms with Gasteiger partial charge in [0.25, 0.3) is 0 Å². The minimum absolute atomic E-state index is 0.0131. The maximum atomic E-state index is 13.0. The second-order valence-corrected chi connectivity index (χ2v) is 2.31. The third-order valence-corrected chi connectivity index (χ3v) is 1.53. The van der Waals surface area contributed by atoms with Gasteiger partial charge in [-0.1, -0.05) is 0 Å². The van der Waals surface area contributed by atoms with E-state index in [4.69, 9.17) is 17.2 Å². The quantitative estimate of drug-likeness (QED) is 0.418. The van der Waals surface area contributed by atoms with Crippen molar-refractivity contribution < 1.29 is 9.18 Å². The summed E-state index contributed by atoms with van der Waals surface area (Å²) in [6.07, 6.45) is 0.425. The van der Waals surface area contributed by atoms with Crippen molar-refractivity contribution in [2.45, 2.75) is 0 Å². The Labute approximate surface area is 68.1 Å². The highest BCUT2D eigenvalue weighted by atomic mass is 19.1. The van der Waals surface area contributed by atoms with Gasteiger partial charge in [0.2, 0.25) is 0 Å². The molecule has 1 rings (SSSR count). The van der Waals surface area contributed by atoms with Gasteiger partial charge in [0.15, 0.2) is 12.1 Å². The summed E-state index contributed by atoms with van der Waals surface area (Å²) in [6, 6.07) is 1.24. The summed E-state index contributed by atoms with van der Waals surface area (Å²) in [7, 11) is 0. The minimum atomic E-state index is -0.836. The maximum absolute atomic E-state index is 13.0. The molecule has 0 heterocycles. The molecule has 6 N–H and O–H groups in total. The number of aldehydes is 1. The van der Waals surface area contributed by atoms with Gasteiger partial charge in [-0.25, -0.2) is 4.39 Å². The standard InChI is InChI=1S/C7H8FN3O/c8-5-6(10)3(2-12)1-4(9)7(5)11/h1-2H,9-11H2. The van der Waals surface area contributed by atoms with E-state index in [2.05, 4.69) is 0 Å². The number of nitrogen functional groups attached to an aromatic ring is 3. The summed E-state index contributed by atoms with van der Waals surface area (Å²) in [5.41, 5.74) is 15.3. The number of anilines is 3. The van der Waals surface area contributed by atoms with Crippen LogP contribution in [0.3, 0.4) is 0 Å². The van der Waals surface area contributed by atoms with Crippen LogP contribution in [0.2, 0.25) is 0 Å². The average molecular weight is 169 g/mol. The molecule has 0 aliphatic heterocycles. The van der Waals surface area contributed by atoms with E-state index in [1.165, 1.54) is 6.07 Å². The molecule has 0 aliphatic rings. The molecule has 4 nitrogen and oxygen atoms in total. The lowest BCUT2D eigenvalue weighted by atomic mass is 10.1. The minimum Gasteiger partial charge on any atom is -0.397 e. The van der Waals surface area contributed by atoms with Crippen LogP contribution in [0.5, 0.6) is 0 Å². The average Bonchev–Trinajstić information content (AvgIpc) is 2.08. The molecule has 0 spiro atoms. The Morgan fingerprint density at radius 2 is 1.83 bits per heavy atom. The van der Waals surface area contributed by atoms with Gasteiger partial charge in [-0.3, -0.25) is 4.79 Å². The molecule has 0 saturated heterocycles. The van der Waals surface area contributed by atoms with Gasteiger partial charge < -0.3 is 17.2 Å². The fourth-order valence-corrected chi connectivity index (χ4v) is 0.819. The highest BCUT2D eigenvalue weighted by Crippen LogP contribution is 2.26. The van der Waals surface area contributed by atoms with E-state index >= 15 is 0 Å². The van der Waals surface area contributed by atoms with Crippen molar-refractivity contribution in [3.05, 3.63) is 17.4 Å². The summed E-state index contributed by atoms with van der Waals surface area (Å²) < 4.78 is 13.0. The molecule has 0 unspecified atom stereocenters. The molecule has 12 heavy (non-hydrogen) atoms. The Bertz CT molecular complexity index is 338. The van der Waals surface area contributed by atoms with E-state index in [1.54, 1.807) is 0 Å². The number of nitrogens with two attached hydrogens (primary N) is 3. The van der Waals surface area contributed by atoms with Crippen LogP contribution in [0, 0.1) is 5.82 Å². The number of halogens is 1.